The number of aliphatic carboxylic acids is 1. The molecule has 1 aliphatic heterocycles. The van der Waals surface area contributed by atoms with Gasteiger partial charge >= 0.3 is 5.97 Å². The summed E-state index contributed by atoms with van der Waals surface area (Å²) in [6, 6.07) is 4.15. The fourth-order valence-corrected chi connectivity index (χ4v) is 2.64. The van der Waals surface area contributed by atoms with Gasteiger partial charge in [0, 0.05) is 25.2 Å². The number of carboxylic acids is 1. The zero-order valence-electron chi connectivity index (χ0n) is 12.2. The molecule has 0 saturated carbocycles. The first kappa shape index (κ1) is 15.6. The van der Waals surface area contributed by atoms with Gasteiger partial charge in [0.15, 0.2) is 11.5 Å². The zero-order chi connectivity index (χ0) is 15.2. The van der Waals surface area contributed by atoms with E-state index in [4.69, 9.17) is 4.74 Å². The topological polar surface area (TPSA) is 82.0 Å². The molecular formula is C15H22N2O4. The Kier molecular flexibility index (Phi) is 5.41. The van der Waals surface area contributed by atoms with Crippen LogP contribution in [0.5, 0.6) is 11.5 Å². The van der Waals surface area contributed by atoms with Gasteiger partial charge in [0.05, 0.1) is 6.61 Å². The molecule has 21 heavy (non-hydrogen) atoms. The summed E-state index contributed by atoms with van der Waals surface area (Å²) in [5.74, 6) is -0.709. The van der Waals surface area contributed by atoms with Crippen LogP contribution in [0.2, 0.25) is 0 Å². The van der Waals surface area contributed by atoms with E-state index in [0.29, 0.717) is 31.0 Å². The van der Waals surface area contributed by atoms with Gasteiger partial charge in [-0.1, -0.05) is 12.1 Å². The van der Waals surface area contributed by atoms with Crippen molar-refractivity contribution in [1.82, 2.24) is 10.2 Å². The molecule has 6 heteroatoms. The van der Waals surface area contributed by atoms with E-state index in [1.54, 1.807) is 18.2 Å². The van der Waals surface area contributed by atoms with Gasteiger partial charge in [0.25, 0.3) is 0 Å². The number of phenols is 1. The molecule has 0 amide bonds. The Morgan fingerprint density at radius 1 is 1.43 bits per heavy atom. The molecule has 3 N–H and O–H groups in total. The van der Waals surface area contributed by atoms with Crippen LogP contribution >= 0.6 is 0 Å². The minimum atomic E-state index is -0.958. The molecule has 1 aromatic rings. The van der Waals surface area contributed by atoms with E-state index >= 15 is 0 Å². The summed E-state index contributed by atoms with van der Waals surface area (Å²) < 4.78 is 5.35. The van der Waals surface area contributed by atoms with E-state index in [9.17, 15) is 15.0 Å². The van der Waals surface area contributed by atoms with Gasteiger partial charge in [0.1, 0.15) is 6.04 Å². The first-order valence-corrected chi connectivity index (χ1v) is 7.27. The molecule has 116 valence electrons. The van der Waals surface area contributed by atoms with Gasteiger partial charge in [0.2, 0.25) is 0 Å². The van der Waals surface area contributed by atoms with Gasteiger partial charge in [-0.05, 0) is 26.0 Å². The summed E-state index contributed by atoms with van der Waals surface area (Å²) in [6.45, 7) is 5.19. The van der Waals surface area contributed by atoms with Crippen LogP contribution in [0.1, 0.15) is 24.9 Å². The number of para-hydroxylation sites is 1. The molecule has 1 fully saturated rings. The Morgan fingerprint density at radius 2 is 2.24 bits per heavy atom. The lowest BCUT2D eigenvalue weighted by molar-refractivity contribution is -0.143. The molecule has 1 unspecified atom stereocenters. The van der Waals surface area contributed by atoms with Crippen LogP contribution < -0.4 is 10.1 Å². The minimum absolute atomic E-state index is 0.0797. The van der Waals surface area contributed by atoms with Crippen LogP contribution in [0.25, 0.3) is 0 Å². The Balaban J connectivity index is 2.33. The number of rotatable bonds is 5. The molecule has 0 radical (unpaired) electrons. The summed E-state index contributed by atoms with van der Waals surface area (Å²) in [5, 5.41) is 23.2. The molecule has 0 aromatic heterocycles. The number of hydrogen-bond acceptors (Lipinski definition) is 5. The summed E-state index contributed by atoms with van der Waals surface area (Å²) in [7, 11) is 0. The number of carbonyl (C=O) groups is 1. The summed E-state index contributed by atoms with van der Waals surface area (Å²) in [4.78, 5) is 13.6. The highest BCUT2D eigenvalue weighted by atomic mass is 16.5. The van der Waals surface area contributed by atoms with Crippen molar-refractivity contribution in [2.75, 3.05) is 32.8 Å². The summed E-state index contributed by atoms with van der Waals surface area (Å²) >= 11 is 0. The third-order valence-electron chi connectivity index (χ3n) is 3.60. The molecule has 1 atom stereocenters. The maximum atomic E-state index is 11.7. The minimum Gasteiger partial charge on any atom is -0.504 e. The maximum absolute atomic E-state index is 11.7. The third-order valence-corrected chi connectivity index (χ3v) is 3.60. The smallest absolute Gasteiger partial charge is 0.325 e. The van der Waals surface area contributed by atoms with Crippen molar-refractivity contribution in [2.24, 2.45) is 0 Å². The number of carboxylic acid groups (broad SMARTS) is 1. The Hall–Kier alpha value is -1.79. The summed E-state index contributed by atoms with van der Waals surface area (Å²) in [5.41, 5.74) is 0.385. The standard InChI is InChI=1S/C15H22N2O4/c1-2-21-12-6-3-5-11(14(12)18)13(15(19)20)17-9-4-7-16-8-10-17/h3,5-6,13,16,18H,2,4,7-10H2,1H3,(H,19,20). The number of aromatic hydroxyl groups is 1. The highest BCUT2D eigenvalue weighted by molar-refractivity contribution is 5.77. The van der Waals surface area contributed by atoms with Gasteiger partial charge < -0.3 is 20.3 Å². The first-order valence-electron chi connectivity index (χ1n) is 7.27. The third kappa shape index (κ3) is 3.65. The van der Waals surface area contributed by atoms with Crippen molar-refractivity contribution in [3.8, 4) is 11.5 Å². The number of nitrogens with one attached hydrogen (secondary N) is 1. The fraction of sp³-hybridized carbons (Fsp3) is 0.533. The molecule has 1 aromatic carbocycles. The molecule has 1 saturated heterocycles. The molecule has 6 nitrogen and oxygen atoms in total. The van der Waals surface area contributed by atoms with Crippen LogP contribution in [0.15, 0.2) is 18.2 Å². The number of nitrogens with zero attached hydrogens (tertiary/aromatic N) is 1. The SMILES string of the molecule is CCOc1cccc(C(C(=O)O)N2CCCNCC2)c1O. The van der Waals surface area contributed by atoms with E-state index < -0.39 is 12.0 Å². The van der Waals surface area contributed by atoms with Crippen LogP contribution in [-0.4, -0.2) is 53.9 Å². The van der Waals surface area contributed by atoms with Gasteiger partial charge in [-0.15, -0.1) is 0 Å². The predicted molar refractivity (Wildman–Crippen MR) is 78.7 cm³/mol. The molecule has 1 aliphatic rings. The largest absolute Gasteiger partial charge is 0.504 e. The van der Waals surface area contributed by atoms with Crippen molar-refractivity contribution in [2.45, 2.75) is 19.4 Å². The van der Waals surface area contributed by atoms with Crippen molar-refractivity contribution >= 4 is 5.97 Å². The van der Waals surface area contributed by atoms with E-state index in [-0.39, 0.29) is 5.75 Å². The van der Waals surface area contributed by atoms with Crippen LogP contribution in [-0.2, 0) is 4.79 Å². The number of benzene rings is 1. The van der Waals surface area contributed by atoms with Crippen molar-refractivity contribution in [3.63, 3.8) is 0 Å². The van der Waals surface area contributed by atoms with Gasteiger partial charge in [-0.25, -0.2) is 0 Å². The van der Waals surface area contributed by atoms with Crippen LogP contribution in [0.3, 0.4) is 0 Å². The van der Waals surface area contributed by atoms with Gasteiger partial charge in [-0.3, -0.25) is 9.69 Å². The number of phenolic OH excluding ortho intramolecular Hbond substituents is 1. The zero-order valence-corrected chi connectivity index (χ0v) is 12.2. The van der Waals surface area contributed by atoms with Gasteiger partial charge in [-0.2, -0.15) is 0 Å². The van der Waals surface area contributed by atoms with E-state index in [0.717, 1.165) is 19.5 Å². The van der Waals surface area contributed by atoms with Crippen molar-refractivity contribution < 1.29 is 19.7 Å². The van der Waals surface area contributed by atoms with Crippen molar-refractivity contribution in [1.29, 1.82) is 0 Å². The average Bonchev–Trinajstić information content (AvgIpc) is 2.72. The normalized spacial score (nSPS) is 18.0. The first-order chi connectivity index (χ1) is 10.1. The average molecular weight is 294 g/mol. The second-order valence-corrected chi connectivity index (χ2v) is 5.01. The highest BCUT2D eigenvalue weighted by Crippen LogP contribution is 2.36. The van der Waals surface area contributed by atoms with E-state index in [1.807, 2.05) is 11.8 Å². The van der Waals surface area contributed by atoms with Crippen molar-refractivity contribution in [3.05, 3.63) is 23.8 Å². The highest BCUT2D eigenvalue weighted by Gasteiger charge is 2.31. The fourth-order valence-electron chi connectivity index (χ4n) is 2.64. The molecule has 0 bridgehead atoms. The lowest BCUT2D eigenvalue weighted by Crippen LogP contribution is -2.36. The second-order valence-electron chi connectivity index (χ2n) is 5.01. The quantitative estimate of drug-likeness (QED) is 0.757. The number of hydrogen-bond donors (Lipinski definition) is 3. The van der Waals surface area contributed by atoms with Crippen LogP contribution in [0.4, 0.5) is 0 Å². The summed E-state index contributed by atoms with van der Waals surface area (Å²) in [6.07, 6.45) is 0.885. The monoisotopic (exact) mass is 294 g/mol. The second kappa shape index (κ2) is 7.28. The molecule has 2 rings (SSSR count). The Labute approximate surface area is 124 Å². The molecule has 0 spiro atoms. The molecule has 1 heterocycles. The predicted octanol–water partition coefficient (Wildman–Crippen LogP) is 1.21. The Morgan fingerprint density at radius 3 is 2.95 bits per heavy atom. The van der Waals surface area contributed by atoms with E-state index in [2.05, 4.69) is 5.32 Å². The lowest BCUT2D eigenvalue weighted by Gasteiger charge is -2.28. The Bertz CT molecular complexity index is 485. The van der Waals surface area contributed by atoms with E-state index in [1.165, 1.54) is 0 Å². The molecular weight excluding hydrogens is 272 g/mol. The number of ether oxygens (including phenoxy) is 1. The lowest BCUT2D eigenvalue weighted by atomic mass is 10.0. The maximum Gasteiger partial charge on any atom is 0.325 e. The van der Waals surface area contributed by atoms with Crippen LogP contribution in [0, 0.1) is 0 Å². The molecule has 0 aliphatic carbocycles.